The molecule has 0 fully saturated rings. The molecule has 0 saturated heterocycles. The summed E-state index contributed by atoms with van der Waals surface area (Å²) in [6.07, 6.45) is 0. The minimum atomic E-state index is -0.601. The van der Waals surface area contributed by atoms with Crippen LogP contribution in [-0.2, 0) is 0 Å². The molecule has 5 heteroatoms. The largest absolute Gasteiger partial charge is 0.289 e. The van der Waals surface area contributed by atoms with Gasteiger partial charge in [0, 0.05) is 66.8 Å². The molecule has 330 valence electrons. The van der Waals surface area contributed by atoms with E-state index in [1.54, 1.807) is 54.6 Å². The fourth-order valence-corrected chi connectivity index (χ4v) is 8.91. The Morgan fingerprint density at radius 1 is 0.257 bits per heavy atom. The summed E-state index contributed by atoms with van der Waals surface area (Å²) in [7, 11) is 0. The molecular formula is C65H40O5. The van der Waals surface area contributed by atoms with Gasteiger partial charge in [0.25, 0.3) is 0 Å². The maximum absolute atomic E-state index is 15.4. The van der Waals surface area contributed by atoms with Crippen LogP contribution in [-0.4, -0.2) is 28.9 Å². The van der Waals surface area contributed by atoms with Crippen LogP contribution < -0.4 is 0 Å². The Labute approximate surface area is 406 Å². The molecule has 0 aliphatic rings. The van der Waals surface area contributed by atoms with Gasteiger partial charge >= 0.3 is 0 Å². The lowest BCUT2D eigenvalue weighted by atomic mass is 9.86. The van der Waals surface area contributed by atoms with Crippen molar-refractivity contribution in [1.29, 1.82) is 0 Å². The fraction of sp³-hybridized carbons (Fsp3) is 0. The summed E-state index contributed by atoms with van der Waals surface area (Å²) in [4.78, 5) is 75.1. The van der Waals surface area contributed by atoms with Gasteiger partial charge in [-0.2, -0.15) is 0 Å². The van der Waals surface area contributed by atoms with Crippen LogP contribution in [0, 0.1) is 12.1 Å². The van der Waals surface area contributed by atoms with Crippen LogP contribution in [0.3, 0.4) is 0 Å². The van der Waals surface area contributed by atoms with Crippen molar-refractivity contribution in [3.8, 4) is 44.5 Å². The van der Waals surface area contributed by atoms with Crippen LogP contribution in [0.25, 0.3) is 44.5 Å². The Morgan fingerprint density at radius 3 is 0.843 bits per heavy atom. The van der Waals surface area contributed by atoms with Gasteiger partial charge in [-0.25, -0.2) is 0 Å². The van der Waals surface area contributed by atoms with Crippen LogP contribution in [0.5, 0.6) is 0 Å². The molecule has 0 heterocycles. The normalized spacial score (nSPS) is 10.7. The molecule has 0 bridgehead atoms. The predicted molar refractivity (Wildman–Crippen MR) is 275 cm³/mol. The summed E-state index contributed by atoms with van der Waals surface area (Å²) in [6.45, 7) is 0. The summed E-state index contributed by atoms with van der Waals surface area (Å²) in [5.41, 5.74) is 7.69. The van der Waals surface area contributed by atoms with Crippen molar-refractivity contribution in [2.45, 2.75) is 0 Å². The second kappa shape index (κ2) is 19.7. The van der Waals surface area contributed by atoms with Crippen molar-refractivity contribution in [2.24, 2.45) is 0 Å². The smallest absolute Gasteiger partial charge is 0.193 e. The van der Waals surface area contributed by atoms with E-state index in [0.29, 0.717) is 50.1 Å². The molecule has 0 unspecified atom stereocenters. The standard InChI is InChI=1S/C65H40O5/c66-61(47-37-49(62(67)57-33-17-13-29-53(57)43-21-5-1-6-22-43)41-50(38-47)63(68)58-34-18-14-30-54(58)44-23-7-2-8-24-44)48-39-51(64(69)59-35-19-15-31-55(59)45-25-9-3-10-26-45)42-52(40-48)65(70)60-36-20-16-32-56(60)46-27-11-4-12-28-46/h1-11,13-27,29-42H. The molecule has 0 atom stereocenters. The van der Waals surface area contributed by atoms with Crippen LogP contribution >= 0.6 is 0 Å². The molecule has 0 spiro atoms. The topological polar surface area (TPSA) is 85.3 Å². The summed E-state index contributed by atoms with van der Waals surface area (Å²) in [5.74, 6) is -2.23. The molecule has 0 N–H and O–H groups in total. The van der Waals surface area contributed by atoms with Gasteiger partial charge in [-0.3, -0.25) is 24.0 Å². The Hall–Kier alpha value is -9.63. The van der Waals surface area contributed by atoms with E-state index in [1.807, 2.05) is 152 Å². The lowest BCUT2D eigenvalue weighted by Crippen LogP contribution is -2.14. The Bertz CT molecular complexity index is 3150. The van der Waals surface area contributed by atoms with E-state index < -0.39 is 28.9 Å². The minimum absolute atomic E-state index is 0.0147. The molecule has 0 radical (unpaired) electrons. The van der Waals surface area contributed by atoms with Crippen molar-refractivity contribution in [1.82, 2.24) is 0 Å². The molecule has 0 saturated carbocycles. The van der Waals surface area contributed by atoms with Gasteiger partial charge in [-0.1, -0.05) is 206 Å². The summed E-state index contributed by atoms with van der Waals surface area (Å²) < 4.78 is 0. The predicted octanol–water partition coefficient (Wildman–Crippen LogP) is 14.1. The highest BCUT2D eigenvalue weighted by atomic mass is 16.1. The number of hydrogen-bond acceptors (Lipinski definition) is 5. The van der Waals surface area contributed by atoms with E-state index in [4.69, 9.17) is 0 Å². The first-order valence-electron chi connectivity index (χ1n) is 22.8. The second-order valence-corrected chi connectivity index (χ2v) is 16.7. The third-order valence-electron chi connectivity index (χ3n) is 12.3. The monoisotopic (exact) mass is 900 g/mol. The molecule has 10 aromatic carbocycles. The molecule has 0 aliphatic heterocycles. The van der Waals surface area contributed by atoms with Crippen LogP contribution in [0.2, 0.25) is 0 Å². The number of carbonyl (C=O) groups is 5. The molecule has 70 heavy (non-hydrogen) atoms. The van der Waals surface area contributed by atoms with E-state index in [1.165, 1.54) is 36.4 Å². The third kappa shape index (κ3) is 8.97. The van der Waals surface area contributed by atoms with Gasteiger partial charge in [-0.05, 0) is 81.9 Å². The summed E-state index contributed by atoms with van der Waals surface area (Å²) >= 11 is 0. The highest BCUT2D eigenvalue weighted by Crippen LogP contribution is 2.33. The first-order chi connectivity index (χ1) is 34.3. The average molecular weight is 901 g/mol. The fourth-order valence-electron chi connectivity index (χ4n) is 8.91. The zero-order chi connectivity index (χ0) is 48.0. The van der Waals surface area contributed by atoms with E-state index >= 15 is 4.79 Å². The lowest BCUT2D eigenvalue weighted by molar-refractivity contribution is 0.102. The van der Waals surface area contributed by atoms with Crippen molar-refractivity contribution >= 4 is 28.9 Å². The van der Waals surface area contributed by atoms with Gasteiger partial charge in [0.15, 0.2) is 28.9 Å². The highest BCUT2D eigenvalue weighted by molar-refractivity contribution is 6.22. The van der Waals surface area contributed by atoms with Gasteiger partial charge in [0.2, 0.25) is 0 Å². The van der Waals surface area contributed by atoms with E-state index in [2.05, 4.69) is 12.1 Å². The number of carbonyl (C=O) groups excluding carboxylic acids is 5. The molecule has 0 aliphatic carbocycles. The highest BCUT2D eigenvalue weighted by Gasteiger charge is 2.26. The van der Waals surface area contributed by atoms with Gasteiger partial charge in [-0.15, -0.1) is 0 Å². The summed E-state index contributed by atoms with van der Waals surface area (Å²) in [5, 5.41) is 0. The van der Waals surface area contributed by atoms with Gasteiger partial charge in [0.05, 0.1) is 0 Å². The molecule has 0 amide bonds. The van der Waals surface area contributed by atoms with Crippen LogP contribution in [0.1, 0.15) is 79.6 Å². The molecule has 10 rings (SSSR count). The number of rotatable bonds is 14. The maximum Gasteiger partial charge on any atom is 0.193 e. The van der Waals surface area contributed by atoms with E-state index in [9.17, 15) is 19.2 Å². The number of benzene rings is 9. The SMILES string of the molecule is O=C(c1cc(C(=O)c2ccccc2-c2c#cccc2)cc(C(=O)c2ccccc2-c2ccccc2)c1)c1cc(C(=O)c2ccccc2-c2ccccc2)cc(C(=O)c2ccccc2-c2ccccc2)c1. The van der Waals surface area contributed by atoms with E-state index in [-0.39, 0.29) is 33.4 Å². The Balaban J connectivity index is 1.15. The van der Waals surface area contributed by atoms with E-state index in [0.717, 1.165) is 16.7 Å². The molecule has 5 nitrogen and oxygen atoms in total. The van der Waals surface area contributed by atoms with Crippen LogP contribution in [0.4, 0.5) is 0 Å². The zero-order valence-corrected chi connectivity index (χ0v) is 37.6. The summed E-state index contributed by atoms with van der Waals surface area (Å²) in [6, 6.07) is 77.8. The van der Waals surface area contributed by atoms with Gasteiger partial charge < -0.3 is 0 Å². The first-order valence-corrected chi connectivity index (χ1v) is 22.8. The second-order valence-electron chi connectivity index (χ2n) is 16.7. The van der Waals surface area contributed by atoms with Crippen molar-refractivity contribution in [3.63, 3.8) is 0 Å². The molecule has 10 aromatic rings. The Morgan fingerprint density at radius 2 is 0.529 bits per heavy atom. The Kier molecular flexibility index (Phi) is 12.4. The molecule has 0 aromatic heterocycles. The average Bonchev–Trinajstić information content (AvgIpc) is 3.44. The first kappa shape index (κ1) is 44.2. The molecular weight excluding hydrogens is 861 g/mol. The maximum atomic E-state index is 15.4. The van der Waals surface area contributed by atoms with Crippen molar-refractivity contribution < 1.29 is 24.0 Å². The lowest BCUT2D eigenvalue weighted by Gasteiger charge is -2.15. The van der Waals surface area contributed by atoms with Crippen LogP contribution in [0.15, 0.2) is 243 Å². The third-order valence-corrected chi connectivity index (χ3v) is 12.3. The quantitative estimate of drug-likeness (QED) is 0.102. The van der Waals surface area contributed by atoms with Gasteiger partial charge in [0.1, 0.15) is 0 Å². The number of hydrogen-bond donors (Lipinski definition) is 0. The van der Waals surface area contributed by atoms with Crippen molar-refractivity contribution in [2.75, 3.05) is 0 Å². The zero-order valence-electron chi connectivity index (χ0n) is 37.6. The number of ketones is 5. The minimum Gasteiger partial charge on any atom is -0.289 e. The van der Waals surface area contributed by atoms with Crippen molar-refractivity contribution in [3.05, 3.63) is 310 Å².